The minimum Gasteiger partial charge on any atom is -0.393 e. The van der Waals surface area contributed by atoms with E-state index in [1.165, 1.54) is 0 Å². The average Bonchev–Trinajstić information content (AvgIpc) is 1.82. The highest BCUT2D eigenvalue weighted by molar-refractivity contribution is 4.80. The van der Waals surface area contributed by atoms with Gasteiger partial charge in [0.25, 0.3) is 0 Å². The van der Waals surface area contributed by atoms with E-state index in [0.29, 0.717) is 0 Å². The summed E-state index contributed by atoms with van der Waals surface area (Å²) >= 11 is 0. The number of nitrogens with two attached hydrogens (primary N) is 1. The van der Waals surface area contributed by atoms with Crippen LogP contribution in [0, 0.1) is 5.41 Å². The molecule has 2 nitrogen and oxygen atoms in total. The maximum Gasteiger partial charge on any atom is 0.403 e. The van der Waals surface area contributed by atoms with Crippen molar-refractivity contribution in [2.24, 2.45) is 11.1 Å². The standard InChI is InChI=1S/C8H16F3NO/c1-7(2,3)6(13)4-5(12)8(9,10)11/h5-6,13H,4,12H2,1-3H3/t5-,6-/m0/s1. The Bertz CT molecular complexity index is 144. The van der Waals surface area contributed by atoms with E-state index in [-0.39, 0.29) is 0 Å². The molecule has 0 saturated carbocycles. The van der Waals surface area contributed by atoms with Crippen molar-refractivity contribution in [2.75, 3.05) is 0 Å². The van der Waals surface area contributed by atoms with Crippen LogP contribution in [0.3, 0.4) is 0 Å². The summed E-state index contributed by atoms with van der Waals surface area (Å²) in [6.45, 7) is 5.00. The zero-order valence-corrected chi connectivity index (χ0v) is 8.02. The average molecular weight is 199 g/mol. The van der Waals surface area contributed by atoms with E-state index >= 15 is 0 Å². The highest BCUT2D eigenvalue weighted by Crippen LogP contribution is 2.27. The monoisotopic (exact) mass is 199 g/mol. The lowest BCUT2D eigenvalue weighted by Gasteiger charge is -2.28. The molecule has 0 radical (unpaired) electrons. The molecule has 0 unspecified atom stereocenters. The normalized spacial score (nSPS) is 18.5. The van der Waals surface area contributed by atoms with Gasteiger partial charge in [-0.3, -0.25) is 0 Å². The van der Waals surface area contributed by atoms with E-state index in [0.717, 1.165) is 0 Å². The molecule has 0 aromatic heterocycles. The van der Waals surface area contributed by atoms with Gasteiger partial charge in [-0.15, -0.1) is 0 Å². The molecule has 0 spiro atoms. The molecule has 5 heteroatoms. The number of hydrogen-bond donors (Lipinski definition) is 2. The third-order valence-electron chi connectivity index (χ3n) is 1.90. The Labute approximate surface area is 75.9 Å². The van der Waals surface area contributed by atoms with E-state index in [4.69, 9.17) is 5.73 Å². The lowest BCUT2D eigenvalue weighted by Crippen LogP contribution is -2.43. The molecule has 0 aliphatic carbocycles. The molecule has 3 N–H and O–H groups in total. The highest BCUT2D eigenvalue weighted by atomic mass is 19.4. The van der Waals surface area contributed by atoms with E-state index in [1.54, 1.807) is 20.8 Å². The predicted octanol–water partition coefficient (Wildman–Crippen LogP) is 1.67. The van der Waals surface area contributed by atoms with Gasteiger partial charge in [0.05, 0.1) is 6.10 Å². The minimum atomic E-state index is -4.42. The summed E-state index contributed by atoms with van der Waals surface area (Å²) in [5.41, 5.74) is 4.30. The fourth-order valence-electron chi connectivity index (χ4n) is 0.728. The molecule has 0 aromatic rings. The van der Waals surface area contributed by atoms with Crippen LogP contribution in [0.4, 0.5) is 13.2 Å². The van der Waals surface area contributed by atoms with Crippen molar-refractivity contribution in [3.05, 3.63) is 0 Å². The number of aliphatic hydroxyl groups excluding tert-OH is 1. The summed E-state index contributed by atoms with van der Waals surface area (Å²) in [5.74, 6) is 0. The first-order chi connectivity index (χ1) is 5.55. The van der Waals surface area contributed by atoms with Crippen LogP contribution in [0.5, 0.6) is 0 Å². The first-order valence-electron chi connectivity index (χ1n) is 4.05. The SMILES string of the molecule is CC(C)(C)[C@@H](O)C[C@H](N)C(F)(F)F. The molecule has 0 aliphatic heterocycles. The van der Waals surface area contributed by atoms with Crippen LogP contribution in [0.1, 0.15) is 27.2 Å². The van der Waals surface area contributed by atoms with Crippen molar-refractivity contribution in [3.8, 4) is 0 Å². The summed E-state index contributed by atoms with van der Waals surface area (Å²) in [5, 5.41) is 9.34. The van der Waals surface area contributed by atoms with Crippen molar-refractivity contribution in [2.45, 2.75) is 45.5 Å². The molecule has 0 amide bonds. The maximum absolute atomic E-state index is 12.0. The summed E-state index contributed by atoms with van der Waals surface area (Å²) in [6, 6.07) is -1.94. The van der Waals surface area contributed by atoms with Crippen LogP contribution in [0.15, 0.2) is 0 Å². The number of alkyl halides is 3. The second kappa shape index (κ2) is 3.84. The van der Waals surface area contributed by atoms with E-state index < -0.39 is 30.2 Å². The van der Waals surface area contributed by atoms with Crippen LogP contribution in [0.25, 0.3) is 0 Å². The Morgan fingerprint density at radius 2 is 1.62 bits per heavy atom. The molecule has 0 bridgehead atoms. The van der Waals surface area contributed by atoms with Gasteiger partial charge in [0.2, 0.25) is 0 Å². The van der Waals surface area contributed by atoms with Crippen LogP contribution in [0.2, 0.25) is 0 Å². The quantitative estimate of drug-likeness (QED) is 0.710. The van der Waals surface area contributed by atoms with Gasteiger partial charge < -0.3 is 10.8 Å². The maximum atomic E-state index is 12.0. The van der Waals surface area contributed by atoms with Gasteiger partial charge in [0.1, 0.15) is 6.04 Å². The summed E-state index contributed by atoms with van der Waals surface area (Å²) in [6.07, 6.45) is -5.91. The van der Waals surface area contributed by atoms with Gasteiger partial charge in [-0.1, -0.05) is 20.8 Å². The van der Waals surface area contributed by atoms with E-state index in [1.807, 2.05) is 0 Å². The number of rotatable bonds is 2. The molecule has 0 saturated heterocycles. The molecule has 2 atom stereocenters. The molecule has 13 heavy (non-hydrogen) atoms. The number of aliphatic hydroxyl groups is 1. The molecule has 0 aliphatic rings. The lowest BCUT2D eigenvalue weighted by molar-refractivity contribution is -0.156. The van der Waals surface area contributed by atoms with Crippen molar-refractivity contribution in [1.29, 1.82) is 0 Å². The fourth-order valence-corrected chi connectivity index (χ4v) is 0.728. The van der Waals surface area contributed by atoms with Crippen molar-refractivity contribution < 1.29 is 18.3 Å². The van der Waals surface area contributed by atoms with Crippen LogP contribution >= 0.6 is 0 Å². The fraction of sp³-hybridized carbons (Fsp3) is 1.00. The highest BCUT2D eigenvalue weighted by Gasteiger charge is 2.39. The first-order valence-corrected chi connectivity index (χ1v) is 4.05. The number of halogens is 3. The number of hydrogen-bond acceptors (Lipinski definition) is 2. The van der Waals surface area contributed by atoms with E-state index in [9.17, 15) is 18.3 Å². The third kappa shape index (κ3) is 4.47. The Balaban J connectivity index is 4.15. The van der Waals surface area contributed by atoms with Crippen LogP contribution in [-0.2, 0) is 0 Å². The molecular weight excluding hydrogens is 183 g/mol. The molecular formula is C8H16F3NO. The second-order valence-electron chi connectivity index (χ2n) is 4.27. The third-order valence-corrected chi connectivity index (χ3v) is 1.90. The second-order valence-corrected chi connectivity index (χ2v) is 4.27. The van der Waals surface area contributed by atoms with Gasteiger partial charge >= 0.3 is 6.18 Å². The molecule has 0 heterocycles. The van der Waals surface area contributed by atoms with Gasteiger partial charge in [-0.2, -0.15) is 13.2 Å². The molecule has 0 aromatic carbocycles. The summed E-state index contributed by atoms with van der Waals surface area (Å²) in [7, 11) is 0. The zero-order chi connectivity index (χ0) is 10.9. The largest absolute Gasteiger partial charge is 0.403 e. The summed E-state index contributed by atoms with van der Waals surface area (Å²) < 4.78 is 35.9. The predicted molar refractivity (Wildman–Crippen MR) is 44.1 cm³/mol. The van der Waals surface area contributed by atoms with E-state index in [2.05, 4.69) is 0 Å². The smallest absolute Gasteiger partial charge is 0.393 e. The first kappa shape index (κ1) is 12.7. The Morgan fingerprint density at radius 1 is 1.23 bits per heavy atom. The molecule has 80 valence electrons. The van der Waals surface area contributed by atoms with Crippen LogP contribution in [-0.4, -0.2) is 23.4 Å². The van der Waals surface area contributed by atoms with Gasteiger partial charge in [0, 0.05) is 0 Å². The van der Waals surface area contributed by atoms with Gasteiger partial charge in [0.15, 0.2) is 0 Å². The van der Waals surface area contributed by atoms with Crippen LogP contribution < -0.4 is 5.73 Å². The zero-order valence-electron chi connectivity index (χ0n) is 8.02. The van der Waals surface area contributed by atoms with Crippen molar-refractivity contribution in [1.82, 2.24) is 0 Å². The molecule has 0 fully saturated rings. The lowest BCUT2D eigenvalue weighted by atomic mass is 9.85. The Morgan fingerprint density at radius 3 is 1.85 bits per heavy atom. The Hall–Kier alpha value is -0.290. The topological polar surface area (TPSA) is 46.2 Å². The molecule has 0 rings (SSSR count). The van der Waals surface area contributed by atoms with Gasteiger partial charge in [-0.25, -0.2) is 0 Å². The Kier molecular flexibility index (Phi) is 3.75. The summed E-state index contributed by atoms with van der Waals surface area (Å²) in [4.78, 5) is 0. The van der Waals surface area contributed by atoms with Crippen molar-refractivity contribution in [3.63, 3.8) is 0 Å². The van der Waals surface area contributed by atoms with Crippen molar-refractivity contribution >= 4 is 0 Å². The minimum absolute atomic E-state index is 0.451. The van der Waals surface area contributed by atoms with Gasteiger partial charge in [-0.05, 0) is 11.8 Å².